The van der Waals surface area contributed by atoms with E-state index in [2.05, 4.69) is 4.90 Å². The van der Waals surface area contributed by atoms with Gasteiger partial charge in [0.15, 0.2) is 0 Å². The first-order chi connectivity index (χ1) is 10.2. The standard InChI is InChI=1S/C17H19ClN2O/c18-14-5-3-4-13(10-14)12-21-17-11-15(19)6-7-16(17)20-8-1-2-9-20/h3-7,10-11H,1-2,8-9,12,19H2. The lowest BCUT2D eigenvalue weighted by atomic mass is 10.2. The molecule has 1 aliphatic heterocycles. The molecule has 2 N–H and O–H groups in total. The molecule has 0 aliphatic carbocycles. The summed E-state index contributed by atoms with van der Waals surface area (Å²) in [6.07, 6.45) is 2.47. The number of nitrogens with two attached hydrogens (primary N) is 1. The number of nitrogen functional groups attached to an aromatic ring is 1. The van der Waals surface area contributed by atoms with E-state index >= 15 is 0 Å². The molecule has 0 aromatic heterocycles. The van der Waals surface area contributed by atoms with E-state index in [1.54, 1.807) is 0 Å². The minimum Gasteiger partial charge on any atom is -0.487 e. The van der Waals surface area contributed by atoms with Crippen molar-refractivity contribution in [1.82, 2.24) is 0 Å². The third-order valence-electron chi connectivity index (χ3n) is 3.71. The van der Waals surface area contributed by atoms with Crippen molar-refractivity contribution in [3.63, 3.8) is 0 Å². The molecule has 110 valence electrons. The van der Waals surface area contributed by atoms with Gasteiger partial charge in [0.05, 0.1) is 5.69 Å². The second kappa shape index (κ2) is 6.27. The van der Waals surface area contributed by atoms with Gasteiger partial charge in [0.2, 0.25) is 0 Å². The molecule has 0 amide bonds. The van der Waals surface area contributed by atoms with Gasteiger partial charge in [-0.05, 0) is 42.7 Å². The SMILES string of the molecule is Nc1ccc(N2CCCC2)c(OCc2cccc(Cl)c2)c1. The molecular formula is C17H19ClN2O. The number of rotatable bonds is 4. The number of hydrogen-bond donors (Lipinski definition) is 1. The molecule has 3 rings (SSSR count). The maximum absolute atomic E-state index is 6.00. The molecule has 0 saturated carbocycles. The Morgan fingerprint density at radius 3 is 2.67 bits per heavy atom. The molecule has 1 fully saturated rings. The van der Waals surface area contributed by atoms with E-state index in [0.717, 1.165) is 40.8 Å². The van der Waals surface area contributed by atoms with Gasteiger partial charge >= 0.3 is 0 Å². The Labute approximate surface area is 130 Å². The van der Waals surface area contributed by atoms with Gasteiger partial charge in [0.1, 0.15) is 12.4 Å². The van der Waals surface area contributed by atoms with Crippen LogP contribution in [0.1, 0.15) is 18.4 Å². The molecule has 21 heavy (non-hydrogen) atoms. The van der Waals surface area contributed by atoms with Crippen molar-refractivity contribution in [2.75, 3.05) is 23.7 Å². The summed E-state index contributed by atoms with van der Waals surface area (Å²) >= 11 is 6.00. The lowest BCUT2D eigenvalue weighted by Crippen LogP contribution is -2.18. The van der Waals surface area contributed by atoms with Crippen molar-refractivity contribution in [3.8, 4) is 5.75 Å². The van der Waals surface area contributed by atoms with Crippen LogP contribution in [0.5, 0.6) is 5.75 Å². The fourth-order valence-electron chi connectivity index (χ4n) is 2.65. The molecule has 0 radical (unpaired) electrons. The summed E-state index contributed by atoms with van der Waals surface area (Å²) < 4.78 is 5.99. The topological polar surface area (TPSA) is 38.5 Å². The number of nitrogens with zero attached hydrogens (tertiary/aromatic N) is 1. The van der Waals surface area contributed by atoms with Crippen LogP contribution in [-0.2, 0) is 6.61 Å². The maximum atomic E-state index is 6.00. The Morgan fingerprint density at radius 1 is 1.10 bits per heavy atom. The summed E-state index contributed by atoms with van der Waals surface area (Å²) in [7, 11) is 0. The first-order valence-corrected chi connectivity index (χ1v) is 7.62. The van der Waals surface area contributed by atoms with Crippen LogP contribution in [0.25, 0.3) is 0 Å². The van der Waals surface area contributed by atoms with Crippen LogP contribution in [0.4, 0.5) is 11.4 Å². The van der Waals surface area contributed by atoms with E-state index < -0.39 is 0 Å². The predicted molar refractivity (Wildman–Crippen MR) is 88.1 cm³/mol. The molecule has 0 bridgehead atoms. The first-order valence-electron chi connectivity index (χ1n) is 7.24. The van der Waals surface area contributed by atoms with Gasteiger partial charge in [0, 0.05) is 29.9 Å². The highest BCUT2D eigenvalue weighted by atomic mass is 35.5. The summed E-state index contributed by atoms with van der Waals surface area (Å²) in [6, 6.07) is 13.6. The molecule has 1 heterocycles. The van der Waals surface area contributed by atoms with Gasteiger partial charge in [0.25, 0.3) is 0 Å². The van der Waals surface area contributed by atoms with E-state index in [4.69, 9.17) is 22.1 Å². The second-order valence-corrected chi connectivity index (χ2v) is 5.78. The van der Waals surface area contributed by atoms with Gasteiger partial charge in [-0.1, -0.05) is 23.7 Å². The molecule has 0 atom stereocenters. The van der Waals surface area contributed by atoms with Crippen molar-refractivity contribution >= 4 is 23.0 Å². The molecule has 4 heteroatoms. The van der Waals surface area contributed by atoms with Gasteiger partial charge in [-0.3, -0.25) is 0 Å². The number of halogens is 1. The normalized spacial score (nSPS) is 14.4. The molecule has 1 aliphatic rings. The summed E-state index contributed by atoms with van der Waals surface area (Å²) in [5, 5.41) is 0.725. The fourth-order valence-corrected chi connectivity index (χ4v) is 2.87. The summed E-state index contributed by atoms with van der Waals surface area (Å²) in [6.45, 7) is 2.65. The molecule has 1 saturated heterocycles. The highest BCUT2D eigenvalue weighted by molar-refractivity contribution is 6.30. The van der Waals surface area contributed by atoms with Crippen molar-refractivity contribution in [2.24, 2.45) is 0 Å². The second-order valence-electron chi connectivity index (χ2n) is 5.34. The van der Waals surface area contributed by atoms with Crippen LogP contribution in [0.15, 0.2) is 42.5 Å². The van der Waals surface area contributed by atoms with Crippen LogP contribution in [0, 0.1) is 0 Å². The summed E-state index contributed by atoms with van der Waals surface area (Å²) in [5.41, 5.74) is 8.80. The van der Waals surface area contributed by atoms with Crippen LogP contribution < -0.4 is 15.4 Å². The Morgan fingerprint density at radius 2 is 1.90 bits per heavy atom. The fraction of sp³-hybridized carbons (Fsp3) is 0.294. The molecule has 3 nitrogen and oxygen atoms in total. The molecule has 0 spiro atoms. The summed E-state index contributed by atoms with van der Waals surface area (Å²) in [5.74, 6) is 0.844. The Kier molecular flexibility index (Phi) is 4.20. The van der Waals surface area contributed by atoms with Crippen LogP contribution in [0.2, 0.25) is 5.02 Å². The maximum Gasteiger partial charge on any atom is 0.145 e. The van der Waals surface area contributed by atoms with Crippen LogP contribution >= 0.6 is 11.6 Å². The quantitative estimate of drug-likeness (QED) is 0.864. The predicted octanol–water partition coefficient (Wildman–Crippen LogP) is 4.10. The van der Waals surface area contributed by atoms with Crippen molar-refractivity contribution < 1.29 is 4.74 Å². The van der Waals surface area contributed by atoms with E-state index in [-0.39, 0.29) is 0 Å². The Bertz CT molecular complexity index is 624. The van der Waals surface area contributed by atoms with E-state index in [0.29, 0.717) is 6.61 Å². The Hall–Kier alpha value is -1.87. The zero-order chi connectivity index (χ0) is 14.7. The third kappa shape index (κ3) is 3.42. The zero-order valence-corrected chi connectivity index (χ0v) is 12.6. The van der Waals surface area contributed by atoms with Crippen molar-refractivity contribution in [2.45, 2.75) is 19.4 Å². The Balaban J connectivity index is 1.78. The highest BCUT2D eigenvalue weighted by Gasteiger charge is 2.16. The van der Waals surface area contributed by atoms with Crippen molar-refractivity contribution in [3.05, 3.63) is 53.1 Å². The molecule has 2 aromatic carbocycles. The summed E-state index contributed by atoms with van der Waals surface area (Å²) in [4.78, 5) is 2.35. The van der Waals surface area contributed by atoms with Gasteiger partial charge in [-0.25, -0.2) is 0 Å². The van der Waals surface area contributed by atoms with Crippen LogP contribution in [-0.4, -0.2) is 13.1 Å². The lowest BCUT2D eigenvalue weighted by molar-refractivity contribution is 0.307. The number of benzene rings is 2. The van der Waals surface area contributed by atoms with Gasteiger partial charge < -0.3 is 15.4 Å². The first kappa shape index (κ1) is 14.1. The third-order valence-corrected chi connectivity index (χ3v) is 3.95. The van der Waals surface area contributed by atoms with Gasteiger partial charge in [-0.2, -0.15) is 0 Å². The zero-order valence-electron chi connectivity index (χ0n) is 11.9. The number of hydrogen-bond acceptors (Lipinski definition) is 3. The van der Waals surface area contributed by atoms with E-state index in [9.17, 15) is 0 Å². The minimum atomic E-state index is 0.491. The van der Waals surface area contributed by atoms with Crippen molar-refractivity contribution in [1.29, 1.82) is 0 Å². The molecular weight excluding hydrogens is 284 g/mol. The number of ether oxygens (including phenoxy) is 1. The van der Waals surface area contributed by atoms with E-state index in [1.165, 1.54) is 12.8 Å². The number of anilines is 2. The minimum absolute atomic E-state index is 0.491. The van der Waals surface area contributed by atoms with Crippen LogP contribution in [0.3, 0.4) is 0 Å². The van der Waals surface area contributed by atoms with Gasteiger partial charge in [-0.15, -0.1) is 0 Å². The molecule has 2 aromatic rings. The monoisotopic (exact) mass is 302 g/mol. The average Bonchev–Trinajstić information content (AvgIpc) is 2.99. The largest absolute Gasteiger partial charge is 0.487 e. The highest BCUT2D eigenvalue weighted by Crippen LogP contribution is 2.33. The average molecular weight is 303 g/mol. The lowest BCUT2D eigenvalue weighted by Gasteiger charge is -2.21. The molecule has 0 unspecified atom stereocenters. The smallest absolute Gasteiger partial charge is 0.145 e. The van der Waals surface area contributed by atoms with E-state index in [1.807, 2.05) is 42.5 Å².